The topological polar surface area (TPSA) is 60.8 Å². The molecule has 0 aromatic heterocycles. The van der Waals surface area contributed by atoms with E-state index in [2.05, 4.69) is 6.92 Å². The highest BCUT2D eigenvalue weighted by Crippen LogP contribution is 2.06. The van der Waals surface area contributed by atoms with Gasteiger partial charge in [-0.05, 0) is 13.0 Å². The van der Waals surface area contributed by atoms with E-state index in [1.54, 1.807) is 0 Å². The third-order valence-corrected chi connectivity index (χ3v) is 2.89. The summed E-state index contributed by atoms with van der Waals surface area (Å²) in [6.07, 6.45) is 7.59. The molecule has 0 aliphatic carbocycles. The normalized spacial score (nSPS) is 11.0. The van der Waals surface area contributed by atoms with E-state index in [9.17, 15) is 4.79 Å². The van der Waals surface area contributed by atoms with Gasteiger partial charge in [0.1, 0.15) is 0 Å². The van der Waals surface area contributed by atoms with Crippen LogP contribution in [0, 0.1) is 0 Å². The van der Waals surface area contributed by atoms with E-state index in [1.807, 2.05) is 4.90 Å². The fourth-order valence-corrected chi connectivity index (χ4v) is 1.85. The number of hydrogen-bond donors (Lipinski definition) is 2. The third-order valence-electron chi connectivity index (χ3n) is 2.89. The molecule has 0 aromatic rings. The number of carboxylic acid groups (broad SMARTS) is 1. The number of rotatable bonds is 12. The van der Waals surface area contributed by atoms with E-state index in [-0.39, 0.29) is 13.0 Å². The smallest absolute Gasteiger partial charge is 0.304 e. The Morgan fingerprint density at radius 2 is 1.65 bits per heavy atom. The maximum atomic E-state index is 10.5. The van der Waals surface area contributed by atoms with Gasteiger partial charge >= 0.3 is 5.97 Å². The van der Waals surface area contributed by atoms with E-state index in [1.165, 1.54) is 32.1 Å². The molecule has 0 unspecified atom stereocenters. The van der Waals surface area contributed by atoms with Crippen molar-refractivity contribution in [3.8, 4) is 0 Å². The minimum Gasteiger partial charge on any atom is -0.481 e. The molecule has 4 heteroatoms. The minimum absolute atomic E-state index is 0.107. The molecule has 0 rings (SSSR count). The summed E-state index contributed by atoms with van der Waals surface area (Å²) < 4.78 is 0. The van der Waals surface area contributed by atoms with Gasteiger partial charge in [-0.2, -0.15) is 0 Å². The van der Waals surface area contributed by atoms with Crippen LogP contribution >= 0.6 is 0 Å². The zero-order valence-electron chi connectivity index (χ0n) is 11.0. The maximum absolute atomic E-state index is 10.5. The molecular weight excluding hydrogens is 218 g/mol. The molecule has 0 fully saturated rings. The summed E-state index contributed by atoms with van der Waals surface area (Å²) in [5.41, 5.74) is 0. The van der Waals surface area contributed by atoms with Crippen molar-refractivity contribution in [1.82, 2.24) is 4.90 Å². The number of hydrogen-bond acceptors (Lipinski definition) is 3. The molecule has 0 aliphatic heterocycles. The van der Waals surface area contributed by atoms with Crippen molar-refractivity contribution in [3.05, 3.63) is 0 Å². The molecule has 0 spiro atoms. The Balaban J connectivity index is 3.51. The number of unbranched alkanes of at least 4 members (excludes halogenated alkanes) is 5. The molecule has 102 valence electrons. The zero-order chi connectivity index (χ0) is 12.9. The lowest BCUT2D eigenvalue weighted by Gasteiger charge is -2.20. The fourth-order valence-electron chi connectivity index (χ4n) is 1.85. The van der Waals surface area contributed by atoms with E-state index in [4.69, 9.17) is 10.2 Å². The quantitative estimate of drug-likeness (QED) is 0.517. The van der Waals surface area contributed by atoms with Crippen LogP contribution in [0.3, 0.4) is 0 Å². The second kappa shape index (κ2) is 11.9. The third kappa shape index (κ3) is 11.6. The van der Waals surface area contributed by atoms with Crippen LogP contribution in [0.1, 0.15) is 51.9 Å². The Hall–Kier alpha value is -0.610. The second-order valence-corrected chi connectivity index (χ2v) is 4.48. The van der Waals surface area contributed by atoms with Gasteiger partial charge in [0.15, 0.2) is 0 Å². The van der Waals surface area contributed by atoms with Gasteiger partial charge in [0.05, 0.1) is 13.0 Å². The summed E-state index contributed by atoms with van der Waals surface area (Å²) >= 11 is 0. The molecule has 0 saturated carbocycles. The van der Waals surface area contributed by atoms with Crippen molar-refractivity contribution in [2.75, 3.05) is 26.2 Å². The largest absolute Gasteiger partial charge is 0.481 e. The first-order valence-corrected chi connectivity index (χ1v) is 6.75. The van der Waals surface area contributed by atoms with Crippen LogP contribution in [0.25, 0.3) is 0 Å². The molecule has 2 N–H and O–H groups in total. The highest BCUT2D eigenvalue weighted by atomic mass is 16.4. The summed E-state index contributed by atoms with van der Waals surface area (Å²) in [6, 6.07) is 0. The molecule has 0 amide bonds. The lowest BCUT2D eigenvalue weighted by molar-refractivity contribution is -0.137. The van der Waals surface area contributed by atoms with E-state index in [0.29, 0.717) is 13.1 Å². The average Bonchev–Trinajstić information content (AvgIpc) is 2.30. The molecule has 17 heavy (non-hydrogen) atoms. The molecule has 4 nitrogen and oxygen atoms in total. The van der Waals surface area contributed by atoms with Gasteiger partial charge < -0.3 is 15.1 Å². The molecule has 0 heterocycles. The summed E-state index contributed by atoms with van der Waals surface area (Å²) in [5.74, 6) is -0.768. The van der Waals surface area contributed by atoms with Crippen molar-refractivity contribution >= 4 is 5.97 Å². The number of nitrogens with zero attached hydrogens (tertiary/aromatic N) is 1. The van der Waals surface area contributed by atoms with Crippen LogP contribution in [-0.4, -0.2) is 47.3 Å². The van der Waals surface area contributed by atoms with Crippen molar-refractivity contribution in [3.63, 3.8) is 0 Å². The van der Waals surface area contributed by atoms with E-state index in [0.717, 1.165) is 13.0 Å². The highest BCUT2D eigenvalue weighted by Gasteiger charge is 2.06. The Morgan fingerprint density at radius 1 is 1.00 bits per heavy atom. The van der Waals surface area contributed by atoms with Crippen molar-refractivity contribution < 1.29 is 15.0 Å². The molecule has 0 bridgehead atoms. The predicted octanol–water partition coefficient (Wildman–Crippen LogP) is 2.12. The van der Waals surface area contributed by atoms with Crippen LogP contribution in [0.2, 0.25) is 0 Å². The Kier molecular flexibility index (Phi) is 11.4. The lowest BCUT2D eigenvalue weighted by atomic mass is 10.1. The van der Waals surface area contributed by atoms with Crippen molar-refractivity contribution in [2.24, 2.45) is 0 Å². The Bertz CT molecular complexity index is 186. The summed E-state index contributed by atoms with van der Waals surface area (Å²) in [5, 5.41) is 17.5. The second-order valence-electron chi connectivity index (χ2n) is 4.48. The standard InChI is InChI=1S/C13H27NO3/c1-2-3-4-5-6-7-9-14(11-12-15)10-8-13(16)17/h15H,2-12H2,1H3,(H,16,17). The van der Waals surface area contributed by atoms with Crippen LogP contribution in [0.15, 0.2) is 0 Å². The van der Waals surface area contributed by atoms with Gasteiger partial charge in [0, 0.05) is 13.1 Å². The van der Waals surface area contributed by atoms with Crippen LogP contribution < -0.4 is 0 Å². The average molecular weight is 245 g/mol. The number of carbonyl (C=O) groups is 1. The Morgan fingerprint density at radius 3 is 2.24 bits per heavy atom. The number of aliphatic hydroxyl groups excluding tert-OH is 1. The highest BCUT2D eigenvalue weighted by molar-refractivity contribution is 5.66. The lowest BCUT2D eigenvalue weighted by Crippen LogP contribution is -2.30. The molecule has 0 atom stereocenters. The molecule has 0 radical (unpaired) electrons. The van der Waals surface area contributed by atoms with Gasteiger partial charge in [-0.1, -0.05) is 39.0 Å². The number of aliphatic carboxylic acids is 1. The van der Waals surface area contributed by atoms with Crippen LogP contribution in [0.5, 0.6) is 0 Å². The Labute approximate surface area is 105 Å². The molecule has 0 saturated heterocycles. The monoisotopic (exact) mass is 245 g/mol. The fraction of sp³-hybridized carbons (Fsp3) is 0.923. The molecule has 0 aromatic carbocycles. The molecule has 0 aliphatic rings. The minimum atomic E-state index is -0.768. The first kappa shape index (κ1) is 16.4. The number of aliphatic hydroxyl groups is 1. The zero-order valence-corrected chi connectivity index (χ0v) is 11.0. The van der Waals surface area contributed by atoms with Gasteiger partial charge in [-0.3, -0.25) is 4.79 Å². The van der Waals surface area contributed by atoms with E-state index < -0.39 is 5.97 Å². The first-order chi connectivity index (χ1) is 8.20. The van der Waals surface area contributed by atoms with Crippen LogP contribution in [-0.2, 0) is 4.79 Å². The first-order valence-electron chi connectivity index (χ1n) is 6.75. The van der Waals surface area contributed by atoms with Gasteiger partial charge in [-0.15, -0.1) is 0 Å². The SMILES string of the molecule is CCCCCCCCN(CCO)CCC(=O)O. The van der Waals surface area contributed by atoms with Gasteiger partial charge in [-0.25, -0.2) is 0 Å². The predicted molar refractivity (Wildman–Crippen MR) is 69.2 cm³/mol. The van der Waals surface area contributed by atoms with Gasteiger partial charge in [0.2, 0.25) is 0 Å². The van der Waals surface area contributed by atoms with E-state index >= 15 is 0 Å². The van der Waals surface area contributed by atoms with Crippen molar-refractivity contribution in [2.45, 2.75) is 51.9 Å². The van der Waals surface area contributed by atoms with Crippen molar-refractivity contribution in [1.29, 1.82) is 0 Å². The molecular formula is C13H27NO3. The maximum Gasteiger partial charge on any atom is 0.304 e. The number of carboxylic acids is 1. The van der Waals surface area contributed by atoms with Gasteiger partial charge in [0.25, 0.3) is 0 Å². The summed E-state index contributed by atoms with van der Waals surface area (Å²) in [4.78, 5) is 12.5. The van der Waals surface area contributed by atoms with Crippen LogP contribution in [0.4, 0.5) is 0 Å². The summed E-state index contributed by atoms with van der Waals surface area (Å²) in [6.45, 7) is 4.34. The summed E-state index contributed by atoms with van der Waals surface area (Å²) in [7, 11) is 0.